The Morgan fingerprint density at radius 1 is 0.882 bits per heavy atom. The molecular formula is C24H17Br2FN4O3. The van der Waals surface area contributed by atoms with Gasteiger partial charge in [0.25, 0.3) is 5.91 Å². The lowest BCUT2D eigenvalue weighted by Crippen LogP contribution is -2.36. The third-order valence-corrected chi connectivity index (χ3v) is 6.34. The van der Waals surface area contributed by atoms with Crippen LogP contribution in [0.2, 0.25) is 0 Å². The van der Waals surface area contributed by atoms with Gasteiger partial charge in [-0.1, -0.05) is 44.0 Å². The molecule has 0 unspecified atom stereocenters. The smallest absolute Gasteiger partial charge is 0.321 e. The standard InChI is InChI=1S/C24H17Br2FN4O3/c1-13-10-16(7-8-17(13)26)28-22(32)21-12-14-11-15(25)6-9-20(14)31(21)30-24(34)23(33)29-19-5-3-2-4-18(19)27/h2-12H,1H3,(H,28,32)(H,29,33)(H,30,34). The molecule has 7 nitrogen and oxygen atoms in total. The van der Waals surface area contributed by atoms with Crippen LogP contribution in [0.15, 0.2) is 75.7 Å². The zero-order valence-corrected chi connectivity index (χ0v) is 20.8. The molecule has 0 radical (unpaired) electrons. The highest BCUT2D eigenvalue weighted by Crippen LogP contribution is 2.25. The molecule has 0 aliphatic heterocycles. The van der Waals surface area contributed by atoms with E-state index in [0.717, 1.165) is 20.6 Å². The fraction of sp³-hybridized carbons (Fsp3) is 0.0417. The number of nitrogens with one attached hydrogen (secondary N) is 3. The fourth-order valence-electron chi connectivity index (χ4n) is 3.29. The summed E-state index contributed by atoms with van der Waals surface area (Å²) in [7, 11) is 0. The summed E-state index contributed by atoms with van der Waals surface area (Å²) < 4.78 is 16.8. The summed E-state index contributed by atoms with van der Waals surface area (Å²) >= 11 is 6.81. The molecule has 3 amide bonds. The Labute approximate surface area is 210 Å². The number of amides is 3. The number of carbonyl (C=O) groups is 3. The van der Waals surface area contributed by atoms with Gasteiger partial charge >= 0.3 is 11.8 Å². The van der Waals surface area contributed by atoms with Crippen LogP contribution in [-0.4, -0.2) is 22.4 Å². The molecule has 4 rings (SSSR count). The van der Waals surface area contributed by atoms with E-state index in [4.69, 9.17) is 0 Å². The van der Waals surface area contributed by atoms with Crippen molar-refractivity contribution in [3.05, 3.63) is 92.8 Å². The first-order valence-electron chi connectivity index (χ1n) is 9.98. The van der Waals surface area contributed by atoms with Crippen LogP contribution in [-0.2, 0) is 9.59 Å². The van der Waals surface area contributed by atoms with Crippen LogP contribution >= 0.6 is 31.9 Å². The summed E-state index contributed by atoms with van der Waals surface area (Å²) in [6.45, 7) is 1.89. The van der Waals surface area contributed by atoms with Crippen molar-refractivity contribution in [3.8, 4) is 0 Å². The van der Waals surface area contributed by atoms with E-state index in [2.05, 4.69) is 47.9 Å². The Kier molecular flexibility index (Phi) is 6.80. The maximum Gasteiger partial charge on any atom is 0.328 e. The molecule has 0 saturated heterocycles. The number of halogens is 3. The molecule has 172 valence electrons. The van der Waals surface area contributed by atoms with Crippen LogP contribution < -0.4 is 16.1 Å². The van der Waals surface area contributed by atoms with E-state index >= 15 is 0 Å². The Balaban J connectivity index is 1.64. The summed E-state index contributed by atoms with van der Waals surface area (Å²) in [4.78, 5) is 38.2. The first kappa shape index (κ1) is 23.7. The van der Waals surface area contributed by atoms with Gasteiger partial charge < -0.3 is 10.6 Å². The summed E-state index contributed by atoms with van der Waals surface area (Å²) in [5.74, 6) is -3.33. The van der Waals surface area contributed by atoms with Gasteiger partial charge in [0.2, 0.25) is 0 Å². The molecule has 0 bridgehead atoms. The maximum absolute atomic E-state index is 13.9. The molecule has 34 heavy (non-hydrogen) atoms. The summed E-state index contributed by atoms with van der Waals surface area (Å²) in [5, 5.41) is 5.68. The molecule has 0 spiro atoms. The van der Waals surface area contributed by atoms with Crippen LogP contribution in [0.4, 0.5) is 15.8 Å². The van der Waals surface area contributed by atoms with E-state index in [1.54, 1.807) is 36.4 Å². The number of fused-ring (bicyclic) bond motifs is 1. The number of anilines is 2. The van der Waals surface area contributed by atoms with Gasteiger partial charge in [-0.2, -0.15) is 0 Å². The lowest BCUT2D eigenvalue weighted by molar-refractivity contribution is -0.133. The SMILES string of the molecule is Cc1cc(NC(=O)c2cc3cc(Br)ccc3n2NC(=O)C(=O)Nc2ccccc2F)ccc1Br. The Morgan fingerprint density at radius 3 is 2.38 bits per heavy atom. The minimum Gasteiger partial charge on any atom is -0.321 e. The van der Waals surface area contributed by atoms with Crippen molar-refractivity contribution in [2.75, 3.05) is 16.1 Å². The Morgan fingerprint density at radius 2 is 1.65 bits per heavy atom. The van der Waals surface area contributed by atoms with Gasteiger partial charge in [-0.25, -0.2) is 9.07 Å². The van der Waals surface area contributed by atoms with Crippen LogP contribution in [0.1, 0.15) is 16.1 Å². The first-order valence-corrected chi connectivity index (χ1v) is 11.6. The number of carbonyl (C=O) groups excluding carboxylic acids is 3. The second-order valence-corrected chi connectivity index (χ2v) is 9.13. The van der Waals surface area contributed by atoms with Crippen molar-refractivity contribution >= 4 is 71.9 Å². The number of benzene rings is 3. The third kappa shape index (κ3) is 5.02. The monoisotopic (exact) mass is 586 g/mol. The summed E-state index contributed by atoms with van der Waals surface area (Å²) in [6.07, 6.45) is 0. The topological polar surface area (TPSA) is 92.2 Å². The normalized spacial score (nSPS) is 10.7. The molecule has 0 aliphatic rings. The zero-order chi connectivity index (χ0) is 24.4. The highest BCUT2D eigenvalue weighted by Gasteiger charge is 2.22. The van der Waals surface area contributed by atoms with E-state index in [1.807, 2.05) is 13.0 Å². The minimum atomic E-state index is -1.08. The van der Waals surface area contributed by atoms with Gasteiger partial charge in [-0.05, 0) is 67.1 Å². The first-order chi connectivity index (χ1) is 16.2. The number of aryl methyl sites for hydroxylation is 1. The fourth-order valence-corrected chi connectivity index (χ4v) is 3.91. The third-order valence-electron chi connectivity index (χ3n) is 4.95. The number of aromatic nitrogens is 1. The van der Waals surface area contributed by atoms with Gasteiger partial charge in [-0.3, -0.25) is 19.8 Å². The molecule has 0 fully saturated rings. The minimum absolute atomic E-state index is 0.0979. The predicted molar refractivity (Wildman–Crippen MR) is 136 cm³/mol. The van der Waals surface area contributed by atoms with Crippen molar-refractivity contribution < 1.29 is 18.8 Å². The molecule has 10 heteroatoms. The van der Waals surface area contributed by atoms with Crippen LogP contribution in [0.3, 0.4) is 0 Å². The molecule has 0 atom stereocenters. The Hall–Kier alpha value is -3.50. The highest BCUT2D eigenvalue weighted by molar-refractivity contribution is 9.10. The highest BCUT2D eigenvalue weighted by atomic mass is 79.9. The van der Waals surface area contributed by atoms with Crippen molar-refractivity contribution in [2.45, 2.75) is 6.92 Å². The summed E-state index contributed by atoms with van der Waals surface area (Å²) in [5.41, 5.74) is 4.39. The average molecular weight is 588 g/mol. The molecule has 0 aliphatic carbocycles. The van der Waals surface area contributed by atoms with Crippen molar-refractivity contribution in [3.63, 3.8) is 0 Å². The van der Waals surface area contributed by atoms with Crippen molar-refractivity contribution in [1.29, 1.82) is 0 Å². The van der Waals surface area contributed by atoms with Gasteiger partial charge in [0.1, 0.15) is 11.5 Å². The van der Waals surface area contributed by atoms with E-state index < -0.39 is 23.5 Å². The number of para-hydroxylation sites is 1. The second kappa shape index (κ2) is 9.78. The van der Waals surface area contributed by atoms with Gasteiger partial charge in [0.15, 0.2) is 0 Å². The number of rotatable bonds is 4. The van der Waals surface area contributed by atoms with Crippen LogP contribution in [0, 0.1) is 12.7 Å². The predicted octanol–water partition coefficient (Wildman–Crippen LogP) is 5.57. The zero-order valence-electron chi connectivity index (χ0n) is 17.7. The van der Waals surface area contributed by atoms with Crippen LogP contribution in [0.5, 0.6) is 0 Å². The number of hydrogen-bond donors (Lipinski definition) is 3. The van der Waals surface area contributed by atoms with E-state index in [-0.39, 0.29) is 11.4 Å². The van der Waals surface area contributed by atoms with Crippen LogP contribution in [0.25, 0.3) is 10.9 Å². The molecule has 3 aromatic carbocycles. The molecule has 0 saturated carbocycles. The van der Waals surface area contributed by atoms with Gasteiger partial charge in [0, 0.05) is 20.0 Å². The van der Waals surface area contributed by atoms with E-state index in [9.17, 15) is 18.8 Å². The largest absolute Gasteiger partial charge is 0.328 e. The second-order valence-electron chi connectivity index (χ2n) is 7.36. The van der Waals surface area contributed by atoms with Crippen molar-refractivity contribution in [1.82, 2.24) is 4.68 Å². The average Bonchev–Trinajstić information content (AvgIpc) is 3.15. The lowest BCUT2D eigenvalue weighted by atomic mass is 10.2. The maximum atomic E-state index is 13.9. The summed E-state index contributed by atoms with van der Waals surface area (Å²) in [6, 6.07) is 17.6. The van der Waals surface area contributed by atoms with E-state index in [1.165, 1.54) is 22.9 Å². The molecule has 1 aromatic heterocycles. The van der Waals surface area contributed by atoms with Crippen molar-refractivity contribution in [2.24, 2.45) is 0 Å². The molecule has 3 N–H and O–H groups in total. The number of hydrogen-bond acceptors (Lipinski definition) is 3. The van der Waals surface area contributed by atoms with Gasteiger partial charge in [-0.15, -0.1) is 0 Å². The quantitative estimate of drug-likeness (QED) is 0.272. The number of nitrogens with zero attached hydrogens (tertiary/aromatic N) is 1. The lowest BCUT2D eigenvalue weighted by Gasteiger charge is -2.13. The molecular weight excluding hydrogens is 571 g/mol. The molecule has 1 heterocycles. The van der Waals surface area contributed by atoms with Gasteiger partial charge in [0.05, 0.1) is 11.2 Å². The van der Waals surface area contributed by atoms with E-state index in [0.29, 0.717) is 16.6 Å². The Bertz CT molecular complexity index is 1450. The molecule has 4 aromatic rings.